The van der Waals surface area contributed by atoms with Crippen molar-refractivity contribution in [3.05, 3.63) is 58.8 Å². The van der Waals surface area contributed by atoms with Gasteiger partial charge >= 0.3 is 5.97 Å². The Labute approximate surface area is 166 Å². The first-order chi connectivity index (χ1) is 13.4. The van der Waals surface area contributed by atoms with Gasteiger partial charge in [0.25, 0.3) is 0 Å². The van der Waals surface area contributed by atoms with Gasteiger partial charge in [-0.2, -0.15) is 0 Å². The second-order valence-electron chi connectivity index (χ2n) is 7.38. The van der Waals surface area contributed by atoms with Gasteiger partial charge in [-0.15, -0.1) is 0 Å². The minimum Gasteiger partial charge on any atom is -0.461 e. The predicted molar refractivity (Wildman–Crippen MR) is 113 cm³/mol. The number of carbonyl (C=O) groups is 1. The van der Waals surface area contributed by atoms with E-state index >= 15 is 0 Å². The lowest BCUT2D eigenvalue weighted by Crippen LogP contribution is -2.13. The summed E-state index contributed by atoms with van der Waals surface area (Å²) in [5.41, 5.74) is 5.99. The van der Waals surface area contributed by atoms with E-state index in [1.807, 2.05) is 45.0 Å². The number of fused-ring (bicyclic) bond motifs is 1. The first-order valence-electron chi connectivity index (χ1n) is 9.72. The van der Waals surface area contributed by atoms with Crippen molar-refractivity contribution in [1.29, 1.82) is 0 Å². The van der Waals surface area contributed by atoms with Crippen molar-refractivity contribution >= 4 is 28.5 Å². The van der Waals surface area contributed by atoms with Crippen LogP contribution in [0.2, 0.25) is 0 Å². The van der Waals surface area contributed by atoms with Gasteiger partial charge in [0.15, 0.2) is 11.5 Å². The van der Waals surface area contributed by atoms with Crippen molar-refractivity contribution in [1.82, 2.24) is 9.97 Å². The van der Waals surface area contributed by atoms with Crippen LogP contribution in [0, 0.1) is 13.8 Å². The highest BCUT2D eigenvalue weighted by Gasteiger charge is 2.19. The molecule has 2 aromatic carbocycles. The minimum absolute atomic E-state index is 0.206. The van der Waals surface area contributed by atoms with Gasteiger partial charge < -0.3 is 10.1 Å². The highest BCUT2D eigenvalue weighted by atomic mass is 16.5. The minimum atomic E-state index is -0.462. The van der Waals surface area contributed by atoms with Crippen LogP contribution < -0.4 is 5.32 Å². The van der Waals surface area contributed by atoms with Crippen molar-refractivity contribution in [3.63, 3.8) is 0 Å². The number of aryl methyl sites for hydroxylation is 2. The van der Waals surface area contributed by atoms with Crippen LogP contribution in [0.3, 0.4) is 0 Å². The van der Waals surface area contributed by atoms with Gasteiger partial charge in [-0.3, -0.25) is 0 Å². The monoisotopic (exact) mass is 377 g/mol. The molecule has 0 saturated heterocycles. The predicted octanol–water partition coefficient (Wildman–Crippen LogP) is 5.68. The Bertz CT molecular complexity index is 995. The fourth-order valence-electron chi connectivity index (χ4n) is 2.89. The van der Waals surface area contributed by atoms with Gasteiger partial charge in [-0.25, -0.2) is 14.8 Å². The molecule has 146 valence electrons. The molecule has 1 aromatic heterocycles. The summed E-state index contributed by atoms with van der Waals surface area (Å²) >= 11 is 0. The lowest BCUT2D eigenvalue weighted by Gasteiger charge is -2.13. The van der Waals surface area contributed by atoms with Crippen molar-refractivity contribution in [2.45, 2.75) is 47.0 Å². The maximum atomic E-state index is 12.6. The molecule has 0 fully saturated rings. The molecule has 0 unspecified atom stereocenters. The Kier molecular flexibility index (Phi) is 5.93. The molecule has 1 N–H and O–H groups in total. The SMILES string of the molecule is CCCOC(=O)c1nc2cc(C)c(C)cc2nc1Nc1ccc(C(C)C)cc1. The smallest absolute Gasteiger partial charge is 0.360 e. The largest absolute Gasteiger partial charge is 0.461 e. The summed E-state index contributed by atoms with van der Waals surface area (Å²) in [4.78, 5) is 21.8. The Morgan fingerprint density at radius 1 is 1.04 bits per heavy atom. The molecule has 0 radical (unpaired) electrons. The fraction of sp³-hybridized carbons (Fsp3) is 0.348. The topological polar surface area (TPSA) is 64.1 Å². The number of ether oxygens (including phenoxy) is 1. The maximum Gasteiger partial charge on any atom is 0.360 e. The van der Waals surface area contributed by atoms with Gasteiger partial charge in [-0.1, -0.05) is 32.9 Å². The fourth-order valence-corrected chi connectivity index (χ4v) is 2.89. The van der Waals surface area contributed by atoms with Crippen molar-refractivity contribution in [2.75, 3.05) is 11.9 Å². The van der Waals surface area contributed by atoms with Crippen molar-refractivity contribution in [3.8, 4) is 0 Å². The zero-order valence-corrected chi connectivity index (χ0v) is 17.2. The zero-order valence-electron chi connectivity index (χ0n) is 17.2. The molecule has 0 spiro atoms. The van der Waals surface area contributed by atoms with Crippen LogP contribution in [-0.4, -0.2) is 22.5 Å². The van der Waals surface area contributed by atoms with Gasteiger partial charge in [0, 0.05) is 5.69 Å². The van der Waals surface area contributed by atoms with Gasteiger partial charge in [0.05, 0.1) is 17.6 Å². The average Bonchev–Trinajstić information content (AvgIpc) is 2.67. The van der Waals surface area contributed by atoms with Crippen LogP contribution >= 0.6 is 0 Å². The van der Waals surface area contributed by atoms with Gasteiger partial charge in [0.2, 0.25) is 0 Å². The number of carbonyl (C=O) groups excluding carboxylic acids is 1. The Morgan fingerprint density at radius 3 is 2.21 bits per heavy atom. The molecule has 0 atom stereocenters. The molecule has 0 aliphatic heterocycles. The van der Waals surface area contributed by atoms with Crippen LogP contribution in [0.15, 0.2) is 36.4 Å². The highest BCUT2D eigenvalue weighted by Crippen LogP contribution is 2.25. The Morgan fingerprint density at radius 2 is 1.64 bits per heavy atom. The number of anilines is 2. The summed E-state index contributed by atoms with van der Waals surface area (Å²) in [7, 11) is 0. The summed E-state index contributed by atoms with van der Waals surface area (Å²) in [6.07, 6.45) is 0.754. The second-order valence-corrected chi connectivity index (χ2v) is 7.38. The molecule has 0 amide bonds. The highest BCUT2D eigenvalue weighted by molar-refractivity contribution is 5.96. The number of hydrogen-bond acceptors (Lipinski definition) is 5. The third-order valence-electron chi connectivity index (χ3n) is 4.75. The first kappa shape index (κ1) is 19.8. The van der Waals surface area contributed by atoms with Crippen LogP contribution in [0.4, 0.5) is 11.5 Å². The number of rotatable bonds is 6. The number of aromatic nitrogens is 2. The molecule has 28 heavy (non-hydrogen) atoms. The summed E-state index contributed by atoms with van der Waals surface area (Å²) in [6, 6.07) is 12.1. The van der Waals surface area contributed by atoms with Crippen LogP contribution in [0.5, 0.6) is 0 Å². The summed E-state index contributed by atoms with van der Waals surface area (Å²) in [6.45, 7) is 10.7. The molecular formula is C23H27N3O2. The molecule has 0 bridgehead atoms. The molecule has 3 rings (SSSR count). The van der Waals surface area contributed by atoms with E-state index in [9.17, 15) is 4.79 Å². The third kappa shape index (κ3) is 4.30. The van der Waals surface area contributed by atoms with Gasteiger partial charge in [-0.05, 0) is 67.1 Å². The Balaban J connectivity index is 2.04. The van der Waals surface area contributed by atoms with E-state index in [1.54, 1.807) is 0 Å². The molecule has 5 nitrogen and oxygen atoms in total. The average molecular weight is 377 g/mol. The summed E-state index contributed by atoms with van der Waals surface area (Å²) in [5.74, 6) is 0.408. The molecular weight excluding hydrogens is 350 g/mol. The molecule has 3 aromatic rings. The van der Waals surface area contributed by atoms with E-state index in [4.69, 9.17) is 4.74 Å². The molecule has 0 aliphatic carbocycles. The standard InChI is InChI=1S/C23H27N3O2/c1-6-11-28-23(27)21-22(24-18-9-7-17(8-10-18)14(2)3)26-20-13-16(5)15(4)12-19(20)25-21/h7-10,12-14H,6,11H2,1-5H3,(H,24,26). The molecule has 0 saturated carbocycles. The van der Waals surface area contributed by atoms with Crippen LogP contribution in [-0.2, 0) is 4.74 Å². The van der Waals surface area contributed by atoms with E-state index in [0.717, 1.165) is 28.8 Å². The van der Waals surface area contributed by atoms with Gasteiger partial charge in [0.1, 0.15) is 0 Å². The number of esters is 1. The summed E-state index contributed by atoms with van der Waals surface area (Å²) in [5, 5.41) is 3.25. The third-order valence-corrected chi connectivity index (χ3v) is 4.75. The van der Waals surface area contributed by atoms with Crippen molar-refractivity contribution in [2.24, 2.45) is 0 Å². The van der Waals surface area contributed by atoms with E-state index in [-0.39, 0.29) is 5.69 Å². The zero-order chi connectivity index (χ0) is 20.3. The number of benzene rings is 2. The van der Waals surface area contributed by atoms with Crippen molar-refractivity contribution < 1.29 is 9.53 Å². The molecule has 0 aliphatic rings. The van der Waals surface area contributed by atoms with Crippen LogP contribution in [0.25, 0.3) is 11.0 Å². The molecule has 5 heteroatoms. The van der Waals surface area contributed by atoms with Crippen LogP contribution in [0.1, 0.15) is 60.3 Å². The normalized spacial score (nSPS) is 11.1. The Hall–Kier alpha value is -2.95. The lowest BCUT2D eigenvalue weighted by atomic mass is 10.0. The van der Waals surface area contributed by atoms with E-state index in [0.29, 0.717) is 23.9 Å². The first-order valence-corrected chi connectivity index (χ1v) is 9.72. The molecule has 1 heterocycles. The number of nitrogens with zero attached hydrogens (tertiary/aromatic N) is 2. The quantitative estimate of drug-likeness (QED) is 0.560. The van der Waals surface area contributed by atoms with E-state index < -0.39 is 5.97 Å². The second kappa shape index (κ2) is 8.38. The maximum absolute atomic E-state index is 12.6. The van der Waals surface area contributed by atoms with E-state index in [2.05, 4.69) is 41.3 Å². The lowest BCUT2D eigenvalue weighted by molar-refractivity contribution is 0.0499. The van der Waals surface area contributed by atoms with E-state index in [1.165, 1.54) is 5.56 Å². The number of hydrogen-bond donors (Lipinski definition) is 1. The summed E-state index contributed by atoms with van der Waals surface area (Å²) < 4.78 is 5.33. The number of nitrogens with one attached hydrogen (secondary N) is 1.